The third kappa shape index (κ3) is 3.41. The SMILES string of the molecule is CCc1nn(C)c(COc2ccc(C(N)=S)c(F)c2)c1Br. The Balaban J connectivity index is 2.15. The average molecular weight is 372 g/mol. The quantitative estimate of drug-likeness (QED) is 0.820. The Hall–Kier alpha value is -1.47. The van der Waals surface area contributed by atoms with Crippen molar-refractivity contribution in [3.8, 4) is 5.75 Å². The van der Waals surface area contributed by atoms with Crippen LogP contribution < -0.4 is 10.5 Å². The van der Waals surface area contributed by atoms with E-state index in [0.29, 0.717) is 5.75 Å². The molecule has 0 atom stereocenters. The van der Waals surface area contributed by atoms with Gasteiger partial charge in [-0.15, -0.1) is 0 Å². The van der Waals surface area contributed by atoms with Crippen LogP contribution in [-0.2, 0) is 20.1 Å². The summed E-state index contributed by atoms with van der Waals surface area (Å²) in [4.78, 5) is 0.0287. The molecule has 2 N–H and O–H groups in total. The maximum absolute atomic E-state index is 13.8. The second-order valence-corrected chi connectivity index (χ2v) is 5.71. The third-order valence-electron chi connectivity index (χ3n) is 3.08. The number of ether oxygens (including phenoxy) is 1. The molecule has 0 saturated heterocycles. The van der Waals surface area contributed by atoms with Gasteiger partial charge in [0.25, 0.3) is 0 Å². The highest BCUT2D eigenvalue weighted by Gasteiger charge is 2.13. The normalized spacial score (nSPS) is 10.7. The Morgan fingerprint density at radius 3 is 2.76 bits per heavy atom. The van der Waals surface area contributed by atoms with Gasteiger partial charge in [-0.3, -0.25) is 4.68 Å². The van der Waals surface area contributed by atoms with Gasteiger partial charge in [-0.1, -0.05) is 19.1 Å². The van der Waals surface area contributed by atoms with Crippen LogP contribution >= 0.6 is 28.1 Å². The van der Waals surface area contributed by atoms with Crippen molar-refractivity contribution in [1.82, 2.24) is 9.78 Å². The summed E-state index contributed by atoms with van der Waals surface area (Å²) < 4.78 is 22.1. The third-order valence-corrected chi connectivity index (χ3v) is 4.22. The predicted octanol–water partition coefficient (Wildman–Crippen LogP) is 3.10. The first kappa shape index (κ1) is 15.9. The Morgan fingerprint density at radius 2 is 2.24 bits per heavy atom. The Labute approximate surface area is 136 Å². The van der Waals surface area contributed by atoms with Crippen LogP contribution in [0.5, 0.6) is 5.75 Å². The lowest BCUT2D eigenvalue weighted by Crippen LogP contribution is -2.11. The van der Waals surface area contributed by atoms with E-state index in [1.165, 1.54) is 12.1 Å². The second-order valence-electron chi connectivity index (χ2n) is 4.48. The van der Waals surface area contributed by atoms with E-state index in [9.17, 15) is 4.39 Å². The molecule has 0 fully saturated rings. The molecule has 1 heterocycles. The topological polar surface area (TPSA) is 53.1 Å². The van der Waals surface area contributed by atoms with E-state index in [1.54, 1.807) is 10.7 Å². The fourth-order valence-electron chi connectivity index (χ4n) is 1.91. The van der Waals surface area contributed by atoms with Crippen LogP contribution in [0, 0.1) is 5.82 Å². The van der Waals surface area contributed by atoms with Gasteiger partial charge in [-0.05, 0) is 34.5 Å². The number of hydrogen-bond donors (Lipinski definition) is 1. The number of nitrogens with two attached hydrogens (primary N) is 1. The molecular weight excluding hydrogens is 357 g/mol. The zero-order chi connectivity index (χ0) is 15.6. The number of benzene rings is 1. The summed E-state index contributed by atoms with van der Waals surface area (Å²) in [6.45, 7) is 2.32. The maximum atomic E-state index is 13.8. The highest BCUT2D eigenvalue weighted by atomic mass is 79.9. The standard InChI is InChI=1S/C14H15BrFN3OS/c1-3-11-13(15)12(19(2)18-11)7-20-8-4-5-9(14(17)21)10(16)6-8/h4-6H,3,7H2,1-2H3,(H2,17,21). The zero-order valence-corrected chi connectivity index (χ0v) is 14.1. The maximum Gasteiger partial charge on any atom is 0.137 e. The minimum absolute atomic E-state index is 0.0287. The van der Waals surface area contributed by atoms with E-state index in [0.717, 1.165) is 22.3 Å². The summed E-state index contributed by atoms with van der Waals surface area (Å²) in [5, 5.41) is 4.38. The van der Waals surface area contributed by atoms with E-state index >= 15 is 0 Å². The number of halogens is 2. The number of nitrogens with zero attached hydrogens (tertiary/aromatic N) is 2. The first-order valence-corrected chi connectivity index (χ1v) is 7.56. The van der Waals surface area contributed by atoms with Crippen molar-refractivity contribution in [3.63, 3.8) is 0 Å². The largest absolute Gasteiger partial charge is 0.487 e. The fourth-order valence-corrected chi connectivity index (χ4v) is 2.81. The molecule has 0 aliphatic heterocycles. The molecule has 0 amide bonds. The number of aryl methyl sites for hydroxylation is 2. The van der Waals surface area contributed by atoms with Gasteiger partial charge in [-0.2, -0.15) is 5.10 Å². The molecular formula is C14H15BrFN3OS. The molecule has 112 valence electrons. The highest BCUT2D eigenvalue weighted by molar-refractivity contribution is 9.10. The summed E-state index contributed by atoms with van der Waals surface area (Å²) in [6, 6.07) is 4.44. The van der Waals surface area contributed by atoms with Gasteiger partial charge in [0.05, 0.1) is 15.9 Å². The lowest BCUT2D eigenvalue weighted by atomic mass is 10.2. The minimum atomic E-state index is -0.488. The molecule has 0 spiro atoms. The molecule has 0 bridgehead atoms. The molecule has 2 aromatic rings. The molecule has 4 nitrogen and oxygen atoms in total. The van der Waals surface area contributed by atoms with E-state index in [4.69, 9.17) is 22.7 Å². The molecule has 2 rings (SSSR count). The summed E-state index contributed by atoms with van der Waals surface area (Å²) in [6.07, 6.45) is 0.825. The van der Waals surface area contributed by atoms with Gasteiger partial charge >= 0.3 is 0 Å². The number of rotatable bonds is 5. The van der Waals surface area contributed by atoms with Crippen LogP contribution in [-0.4, -0.2) is 14.8 Å². The molecule has 7 heteroatoms. The van der Waals surface area contributed by atoms with Gasteiger partial charge in [0.15, 0.2) is 0 Å². The van der Waals surface area contributed by atoms with Crippen molar-refractivity contribution < 1.29 is 9.13 Å². The zero-order valence-electron chi connectivity index (χ0n) is 11.7. The molecule has 1 aromatic carbocycles. The van der Waals surface area contributed by atoms with E-state index < -0.39 is 5.82 Å². The van der Waals surface area contributed by atoms with Gasteiger partial charge in [-0.25, -0.2) is 4.39 Å². The lowest BCUT2D eigenvalue weighted by molar-refractivity contribution is 0.292. The Bertz CT molecular complexity index is 687. The van der Waals surface area contributed by atoms with Crippen LogP contribution in [0.2, 0.25) is 0 Å². The number of thiocarbonyl (C=S) groups is 1. The van der Waals surface area contributed by atoms with Gasteiger partial charge in [0, 0.05) is 18.7 Å². The van der Waals surface area contributed by atoms with Crippen molar-refractivity contribution >= 4 is 33.1 Å². The number of hydrogen-bond acceptors (Lipinski definition) is 3. The van der Waals surface area contributed by atoms with E-state index in [-0.39, 0.29) is 17.2 Å². The average Bonchev–Trinajstić information content (AvgIpc) is 2.71. The summed E-state index contributed by atoms with van der Waals surface area (Å²) >= 11 is 8.27. The Morgan fingerprint density at radius 1 is 1.52 bits per heavy atom. The summed E-state index contributed by atoms with van der Waals surface area (Å²) in [5.41, 5.74) is 7.49. The first-order chi connectivity index (χ1) is 9.93. The van der Waals surface area contributed by atoms with Crippen LogP contribution in [0.1, 0.15) is 23.9 Å². The monoisotopic (exact) mass is 371 g/mol. The van der Waals surface area contributed by atoms with E-state index in [2.05, 4.69) is 21.0 Å². The molecule has 1 aromatic heterocycles. The molecule has 0 saturated carbocycles. The second kappa shape index (κ2) is 6.53. The Kier molecular flexibility index (Phi) is 4.95. The molecule has 0 aliphatic rings. The molecule has 0 radical (unpaired) electrons. The van der Waals surface area contributed by atoms with Crippen molar-refractivity contribution in [2.45, 2.75) is 20.0 Å². The lowest BCUT2D eigenvalue weighted by Gasteiger charge is -2.08. The van der Waals surface area contributed by atoms with E-state index in [1.807, 2.05) is 14.0 Å². The molecule has 0 aliphatic carbocycles. The first-order valence-electron chi connectivity index (χ1n) is 6.36. The van der Waals surface area contributed by atoms with Crippen molar-refractivity contribution in [3.05, 3.63) is 45.4 Å². The van der Waals surface area contributed by atoms with Gasteiger partial charge in [0.1, 0.15) is 23.2 Å². The smallest absolute Gasteiger partial charge is 0.137 e. The summed E-state index contributed by atoms with van der Waals surface area (Å²) in [7, 11) is 1.85. The van der Waals surface area contributed by atoms with Crippen LogP contribution in [0.3, 0.4) is 0 Å². The predicted molar refractivity (Wildman–Crippen MR) is 86.9 cm³/mol. The molecule has 21 heavy (non-hydrogen) atoms. The van der Waals surface area contributed by atoms with Gasteiger partial charge in [0.2, 0.25) is 0 Å². The minimum Gasteiger partial charge on any atom is -0.487 e. The van der Waals surface area contributed by atoms with Crippen molar-refractivity contribution in [2.24, 2.45) is 12.8 Å². The highest BCUT2D eigenvalue weighted by Crippen LogP contribution is 2.24. The number of aromatic nitrogens is 2. The van der Waals surface area contributed by atoms with Crippen LogP contribution in [0.25, 0.3) is 0 Å². The molecule has 0 unspecified atom stereocenters. The van der Waals surface area contributed by atoms with Crippen molar-refractivity contribution in [2.75, 3.05) is 0 Å². The van der Waals surface area contributed by atoms with Gasteiger partial charge < -0.3 is 10.5 Å². The summed E-state index contributed by atoms with van der Waals surface area (Å²) in [5.74, 6) is -0.0723. The van der Waals surface area contributed by atoms with Crippen LogP contribution in [0.4, 0.5) is 4.39 Å². The fraction of sp³-hybridized carbons (Fsp3) is 0.286. The van der Waals surface area contributed by atoms with Crippen molar-refractivity contribution in [1.29, 1.82) is 0 Å². The van der Waals surface area contributed by atoms with Crippen LogP contribution in [0.15, 0.2) is 22.7 Å².